The van der Waals surface area contributed by atoms with Gasteiger partial charge in [-0.1, -0.05) is 45.8 Å². The van der Waals surface area contributed by atoms with E-state index in [0.29, 0.717) is 51.4 Å². The molecule has 0 radical (unpaired) electrons. The third-order valence-electron chi connectivity index (χ3n) is 8.05. The molecule has 38 heavy (non-hydrogen) atoms. The Morgan fingerprint density at radius 1 is 1.24 bits per heavy atom. The van der Waals surface area contributed by atoms with Gasteiger partial charge in [-0.05, 0) is 62.4 Å². The molecule has 2 aromatic heterocycles. The highest BCUT2D eigenvalue weighted by atomic mass is 35.5. The number of fused-ring (bicyclic) bond motifs is 3. The van der Waals surface area contributed by atoms with Crippen molar-refractivity contribution in [2.75, 3.05) is 11.4 Å². The van der Waals surface area contributed by atoms with Crippen molar-refractivity contribution >= 4 is 55.9 Å². The second-order valence-electron chi connectivity index (χ2n) is 10.6. The molecular formula is C28H25Cl2N3O4S. The minimum Gasteiger partial charge on any atom is -0.478 e. The number of rotatable bonds is 7. The summed E-state index contributed by atoms with van der Waals surface area (Å²) in [6.07, 6.45) is 4.31. The molecule has 10 heteroatoms. The van der Waals surface area contributed by atoms with Crippen molar-refractivity contribution in [3.8, 4) is 11.3 Å². The quantitative estimate of drug-likeness (QED) is 0.249. The number of halogens is 2. The molecular weight excluding hydrogens is 545 g/mol. The third kappa shape index (κ3) is 4.09. The summed E-state index contributed by atoms with van der Waals surface area (Å²) in [7, 11) is 0. The average Bonchev–Trinajstić information content (AvgIpc) is 3.22. The fraction of sp³-hybridized carbons (Fsp3) is 0.393. The molecule has 3 fully saturated rings. The highest BCUT2D eigenvalue weighted by Crippen LogP contribution is 2.48. The second-order valence-corrected chi connectivity index (χ2v) is 12.4. The summed E-state index contributed by atoms with van der Waals surface area (Å²) >= 11 is 14.6. The van der Waals surface area contributed by atoms with Crippen LogP contribution in [-0.2, 0) is 11.3 Å². The lowest BCUT2D eigenvalue weighted by Gasteiger charge is -2.31. The monoisotopic (exact) mass is 569 g/mol. The number of aromatic carboxylic acids is 1. The Kier molecular flexibility index (Phi) is 5.92. The zero-order valence-electron chi connectivity index (χ0n) is 20.6. The fourth-order valence-electron chi connectivity index (χ4n) is 6.01. The first kappa shape index (κ1) is 24.4. The van der Waals surface area contributed by atoms with Crippen LogP contribution in [0, 0.1) is 12.8 Å². The number of anilines is 1. The van der Waals surface area contributed by atoms with Crippen LogP contribution in [0.1, 0.15) is 58.8 Å². The molecule has 1 unspecified atom stereocenters. The SMILES string of the molecule is Cc1cc(C(=O)O)cc2sc(N3CC4C[C@H]3C[C@H]4OCc3c(-c4c(Cl)cccc4Cl)noc3C3CC3)nc12. The topological polar surface area (TPSA) is 88.7 Å². The number of aryl methyl sites for hydroxylation is 1. The van der Waals surface area contributed by atoms with Gasteiger partial charge in [0, 0.05) is 35.5 Å². The molecule has 4 aromatic rings. The minimum absolute atomic E-state index is 0.141. The zero-order chi connectivity index (χ0) is 26.1. The van der Waals surface area contributed by atoms with E-state index in [4.69, 9.17) is 37.4 Å². The Morgan fingerprint density at radius 3 is 2.71 bits per heavy atom. The maximum atomic E-state index is 11.5. The van der Waals surface area contributed by atoms with E-state index in [1.807, 2.05) is 25.1 Å². The van der Waals surface area contributed by atoms with Crippen LogP contribution >= 0.6 is 34.5 Å². The van der Waals surface area contributed by atoms with Crippen LogP contribution in [0.2, 0.25) is 10.0 Å². The number of nitrogens with zero attached hydrogens (tertiary/aromatic N) is 3. The van der Waals surface area contributed by atoms with Gasteiger partial charge in [-0.2, -0.15) is 0 Å². The number of piperidine rings is 1. The van der Waals surface area contributed by atoms with Gasteiger partial charge in [0.2, 0.25) is 0 Å². The summed E-state index contributed by atoms with van der Waals surface area (Å²) in [5.41, 5.74) is 4.41. The Hall–Kier alpha value is -2.65. The van der Waals surface area contributed by atoms with Gasteiger partial charge < -0.3 is 19.3 Å². The molecule has 0 spiro atoms. The first-order valence-corrected chi connectivity index (χ1v) is 14.4. The van der Waals surface area contributed by atoms with Gasteiger partial charge in [-0.25, -0.2) is 9.78 Å². The average molecular weight is 570 g/mol. The van der Waals surface area contributed by atoms with Gasteiger partial charge in [-0.3, -0.25) is 0 Å². The van der Waals surface area contributed by atoms with Gasteiger partial charge >= 0.3 is 5.97 Å². The van der Waals surface area contributed by atoms with Crippen LogP contribution in [0.5, 0.6) is 0 Å². The highest BCUT2D eigenvalue weighted by molar-refractivity contribution is 7.22. The molecule has 0 amide bonds. The summed E-state index contributed by atoms with van der Waals surface area (Å²) in [6, 6.07) is 9.23. The Labute approximate surface area is 233 Å². The second kappa shape index (κ2) is 9.23. The number of carboxylic acids is 1. The predicted molar refractivity (Wildman–Crippen MR) is 148 cm³/mol. The van der Waals surface area contributed by atoms with Crippen LogP contribution in [0.25, 0.3) is 21.5 Å². The van der Waals surface area contributed by atoms with Crippen LogP contribution in [0.15, 0.2) is 34.9 Å². The van der Waals surface area contributed by atoms with E-state index in [2.05, 4.69) is 10.1 Å². The molecule has 2 aliphatic carbocycles. The first-order chi connectivity index (χ1) is 18.4. The number of carboxylic acid groups (broad SMARTS) is 1. The number of benzene rings is 2. The zero-order valence-corrected chi connectivity index (χ0v) is 22.9. The lowest BCUT2D eigenvalue weighted by Crippen LogP contribution is -2.38. The number of aromatic nitrogens is 2. The molecule has 2 aromatic carbocycles. The molecule has 1 saturated heterocycles. The van der Waals surface area contributed by atoms with E-state index in [1.54, 1.807) is 23.5 Å². The summed E-state index contributed by atoms with van der Waals surface area (Å²) < 4.78 is 13.3. The summed E-state index contributed by atoms with van der Waals surface area (Å²) in [5, 5.41) is 15.9. The molecule has 196 valence electrons. The van der Waals surface area contributed by atoms with E-state index >= 15 is 0 Å². The molecule has 2 saturated carbocycles. The lowest BCUT2D eigenvalue weighted by molar-refractivity contribution is 0.0122. The number of ether oxygens (including phenoxy) is 1. The van der Waals surface area contributed by atoms with Crippen molar-refractivity contribution in [2.45, 2.75) is 57.3 Å². The number of hydrogen-bond acceptors (Lipinski definition) is 7. The van der Waals surface area contributed by atoms with E-state index < -0.39 is 5.97 Å². The van der Waals surface area contributed by atoms with E-state index in [-0.39, 0.29) is 6.10 Å². The minimum atomic E-state index is -0.914. The van der Waals surface area contributed by atoms with Crippen molar-refractivity contribution in [3.63, 3.8) is 0 Å². The van der Waals surface area contributed by atoms with E-state index in [0.717, 1.165) is 64.5 Å². The third-order valence-corrected chi connectivity index (χ3v) is 9.72. The Balaban J connectivity index is 1.09. The van der Waals surface area contributed by atoms with Crippen LogP contribution in [0.4, 0.5) is 5.13 Å². The lowest BCUT2D eigenvalue weighted by atomic mass is 10.0. The van der Waals surface area contributed by atoms with Crippen molar-refractivity contribution in [1.29, 1.82) is 0 Å². The van der Waals surface area contributed by atoms with Crippen LogP contribution in [-0.4, -0.2) is 39.9 Å². The predicted octanol–water partition coefficient (Wildman–Crippen LogP) is 7.33. The molecule has 2 bridgehead atoms. The molecule has 1 aliphatic heterocycles. The summed E-state index contributed by atoms with van der Waals surface area (Å²) in [5.74, 6) is 0.768. The molecule has 3 heterocycles. The maximum Gasteiger partial charge on any atom is 0.335 e. The molecule has 7 nitrogen and oxygen atoms in total. The fourth-order valence-corrected chi connectivity index (χ4v) is 7.75. The maximum absolute atomic E-state index is 11.5. The van der Waals surface area contributed by atoms with E-state index in [9.17, 15) is 9.90 Å². The number of thiazole rings is 1. The van der Waals surface area contributed by atoms with Crippen molar-refractivity contribution in [3.05, 3.63) is 62.8 Å². The molecule has 7 rings (SSSR count). The van der Waals surface area contributed by atoms with Gasteiger partial charge in [-0.15, -0.1) is 0 Å². The first-order valence-electron chi connectivity index (χ1n) is 12.8. The van der Waals surface area contributed by atoms with Gasteiger partial charge in [0.05, 0.1) is 38.5 Å². The summed E-state index contributed by atoms with van der Waals surface area (Å²) in [6.45, 7) is 3.21. The smallest absolute Gasteiger partial charge is 0.335 e. The Bertz CT molecular complexity index is 1560. The van der Waals surface area contributed by atoms with Crippen molar-refractivity contribution < 1.29 is 19.2 Å². The summed E-state index contributed by atoms with van der Waals surface area (Å²) in [4.78, 5) is 18.7. The Morgan fingerprint density at radius 2 is 2.03 bits per heavy atom. The van der Waals surface area contributed by atoms with Crippen molar-refractivity contribution in [1.82, 2.24) is 10.1 Å². The van der Waals surface area contributed by atoms with Crippen LogP contribution in [0.3, 0.4) is 0 Å². The number of hydrogen-bond donors (Lipinski definition) is 1. The molecule has 3 aliphatic rings. The van der Waals surface area contributed by atoms with Gasteiger partial charge in [0.15, 0.2) is 5.13 Å². The standard InChI is InChI=1S/C28H25Cl2N3O4S/c1-13-7-15(27(34)35)9-22-24(13)31-28(38-22)33-11-16-8-17(33)10-21(16)36-12-18-25(32-37-26(18)14-5-6-14)23-19(29)3-2-4-20(23)30/h2-4,7,9,14,16-17,21H,5-6,8,10-12H2,1H3,(H,34,35)/t16?,17-,21+/m0/s1. The van der Waals surface area contributed by atoms with Gasteiger partial charge in [0.1, 0.15) is 11.5 Å². The number of carbonyl (C=O) groups is 1. The largest absolute Gasteiger partial charge is 0.478 e. The van der Waals surface area contributed by atoms with Crippen LogP contribution < -0.4 is 4.90 Å². The molecule has 1 N–H and O–H groups in total. The van der Waals surface area contributed by atoms with Gasteiger partial charge in [0.25, 0.3) is 0 Å². The highest BCUT2D eigenvalue weighted by Gasteiger charge is 2.46. The molecule has 3 atom stereocenters. The van der Waals surface area contributed by atoms with Crippen molar-refractivity contribution in [2.24, 2.45) is 5.92 Å². The normalized spacial score (nSPS) is 22.6. The van der Waals surface area contributed by atoms with E-state index in [1.165, 1.54) is 0 Å².